The Kier molecular flexibility index (Phi) is 7.26. The Morgan fingerprint density at radius 3 is 2.40 bits per heavy atom. The number of hydrogen-bond donors (Lipinski definition) is 1. The molecule has 0 saturated carbocycles. The van der Waals surface area contributed by atoms with E-state index in [2.05, 4.69) is 29.0 Å². The summed E-state index contributed by atoms with van der Waals surface area (Å²) in [4.78, 5) is 19.1. The van der Waals surface area contributed by atoms with Gasteiger partial charge in [-0.05, 0) is 44.0 Å². The summed E-state index contributed by atoms with van der Waals surface area (Å²) in [6.07, 6.45) is 3.93. The van der Waals surface area contributed by atoms with E-state index in [1.54, 1.807) is 12.3 Å². The Bertz CT molecular complexity index is 665. The van der Waals surface area contributed by atoms with Gasteiger partial charge in [-0.2, -0.15) is 0 Å². The fourth-order valence-corrected chi connectivity index (χ4v) is 2.65. The molecule has 1 N–H and O–H groups in total. The number of amides is 1. The van der Waals surface area contributed by atoms with Crippen molar-refractivity contribution < 1.29 is 9.53 Å². The van der Waals surface area contributed by atoms with E-state index in [9.17, 15) is 4.79 Å². The highest BCUT2D eigenvalue weighted by Crippen LogP contribution is 2.24. The second-order valence-electron chi connectivity index (χ2n) is 5.77. The number of ether oxygens (including phenoxy) is 1. The molecular weight excluding hydrogens is 314 g/mol. The molecule has 1 aromatic heterocycles. The number of nitrogens with zero attached hydrogens (tertiary/aromatic N) is 2. The highest BCUT2D eigenvalue weighted by Gasteiger charge is 2.12. The molecule has 0 atom stereocenters. The molecule has 2 aromatic rings. The Hall–Kier alpha value is -2.56. The molecule has 2 rings (SSSR count). The SMILES string of the molecule is CCCN(CCC)c1ccc(C(=O)Nc2ccccc2OCC)nc1. The topological polar surface area (TPSA) is 54.5 Å². The molecule has 0 aliphatic carbocycles. The zero-order valence-corrected chi connectivity index (χ0v) is 15.3. The minimum absolute atomic E-state index is 0.240. The largest absolute Gasteiger partial charge is 0.492 e. The van der Waals surface area contributed by atoms with Crippen LogP contribution in [0.4, 0.5) is 11.4 Å². The van der Waals surface area contributed by atoms with Crippen LogP contribution in [0.1, 0.15) is 44.1 Å². The van der Waals surface area contributed by atoms with Crippen molar-refractivity contribution in [3.63, 3.8) is 0 Å². The normalized spacial score (nSPS) is 10.4. The standard InChI is InChI=1S/C20H27N3O2/c1-4-13-23(14-5-2)16-11-12-18(21-15-16)20(24)22-17-9-7-8-10-19(17)25-6-3/h7-12,15H,4-6,13-14H2,1-3H3,(H,22,24). The van der Waals surface area contributed by atoms with Gasteiger partial charge in [0.1, 0.15) is 11.4 Å². The maximum absolute atomic E-state index is 12.5. The second-order valence-corrected chi connectivity index (χ2v) is 5.77. The molecule has 0 unspecified atom stereocenters. The van der Waals surface area contributed by atoms with Crippen molar-refractivity contribution in [1.29, 1.82) is 0 Å². The quantitative estimate of drug-likeness (QED) is 0.736. The van der Waals surface area contributed by atoms with Gasteiger partial charge in [0, 0.05) is 13.1 Å². The molecule has 5 nitrogen and oxygen atoms in total. The molecule has 1 amide bonds. The van der Waals surface area contributed by atoms with Crippen molar-refractivity contribution in [2.24, 2.45) is 0 Å². The van der Waals surface area contributed by atoms with Crippen molar-refractivity contribution in [3.8, 4) is 5.75 Å². The number of anilines is 2. The maximum Gasteiger partial charge on any atom is 0.274 e. The molecule has 1 heterocycles. The third-order valence-corrected chi connectivity index (χ3v) is 3.77. The molecule has 0 radical (unpaired) electrons. The highest BCUT2D eigenvalue weighted by atomic mass is 16.5. The summed E-state index contributed by atoms with van der Waals surface area (Å²) in [5.41, 5.74) is 2.09. The van der Waals surface area contributed by atoms with Crippen LogP contribution in [0.2, 0.25) is 0 Å². The van der Waals surface area contributed by atoms with Gasteiger partial charge >= 0.3 is 0 Å². The van der Waals surface area contributed by atoms with Crippen LogP contribution in [0.5, 0.6) is 5.75 Å². The number of pyridine rings is 1. The average Bonchev–Trinajstić information content (AvgIpc) is 2.63. The van der Waals surface area contributed by atoms with E-state index in [0.29, 0.717) is 23.7 Å². The van der Waals surface area contributed by atoms with E-state index in [1.807, 2.05) is 37.3 Å². The zero-order chi connectivity index (χ0) is 18.1. The van der Waals surface area contributed by atoms with Crippen LogP contribution in [0, 0.1) is 0 Å². The number of hydrogen-bond acceptors (Lipinski definition) is 4. The molecule has 0 bridgehead atoms. The van der Waals surface area contributed by atoms with Gasteiger partial charge in [-0.1, -0.05) is 26.0 Å². The van der Waals surface area contributed by atoms with E-state index >= 15 is 0 Å². The predicted molar refractivity (Wildman–Crippen MR) is 103 cm³/mol. The van der Waals surface area contributed by atoms with E-state index in [0.717, 1.165) is 31.6 Å². The molecule has 0 spiro atoms. The van der Waals surface area contributed by atoms with E-state index in [-0.39, 0.29) is 5.91 Å². The van der Waals surface area contributed by atoms with Crippen LogP contribution in [-0.4, -0.2) is 30.6 Å². The molecule has 1 aromatic carbocycles. The summed E-state index contributed by atoms with van der Waals surface area (Å²) < 4.78 is 5.54. The molecule has 134 valence electrons. The van der Waals surface area contributed by atoms with Crippen LogP contribution < -0.4 is 15.0 Å². The fraction of sp³-hybridized carbons (Fsp3) is 0.400. The highest BCUT2D eigenvalue weighted by molar-refractivity contribution is 6.03. The number of nitrogens with one attached hydrogen (secondary N) is 1. The molecule has 0 fully saturated rings. The monoisotopic (exact) mass is 341 g/mol. The smallest absolute Gasteiger partial charge is 0.274 e. The molecule has 25 heavy (non-hydrogen) atoms. The first kappa shape index (κ1) is 18.8. The van der Waals surface area contributed by atoms with Gasteiger partial charge in [0.15, 0.2) is 0 Å². The van der Waals surface area contributed by atoms with Crippen LogP contribution in [-0.2, 0) is 0 Å². The van der Waals surface area contributed by atoms with Gasteiger partial charge in [0.2, 0.25) is 0 Å². The minimum atomic E-state index is -0.240. The van der Waals surface area contributed by atoms with Crippen molar-refractivity contribution in [2.75, 3.05) is 29.9 Å². The number of carbonyl (C=O) groups excluding carboxylic acids is 1. The lowest BCUT2D eigenvalue weighted by atomic mass is 10.2. The van der Waals surface area contributed by atoms with Gasteiger partial charge in [-0.15, -0.1) is 0 Å². The first-order chi connectivity index (χ1) is 12.2. The van der Waals surface area contributed by atoms with Crippen LogP contribution in [0.15, 0.2) is 42.6 Å². The lowest BCUT2D eigenvalue weighted by Gasteiger charge is -2.23. The van der Waals surface area contributed by atoms with Crippen LogP contribution >= 0.6 is 0 Å². The van der Waals surface area contributed by atoms with Gasteiger partial charge in [-0.25, -0.2) is 4.98 Å². The summed E-state index contributed by atoms with van der Waals surface area (Å²) in [5, 5.41) is 2.87. The number of aromatic nitrogens is 1. The summed E-state index contributed by atoms with van der Waals surface area (Å²) >= 11 is 0. The van der Waals surface area contributed by atoms with Gasteiger partial charge in [0.05, 0.1) is 24.2 Å². The molecule has 0 aliphatic heterocycles. The number of para-hydroxylation sites is 2. The Labute approximate surface area is 150 Å². The average molecular weight is 341 g/mol. The molecule has 0 aliphatic rings. The molecule has 5 heteroatoms. The van der Waals surface area contributed by atoms with Crippen molar-refractivity contribution >= 4 is 17.3 Å². The summed E-state index contributed by atoms with van der Waals surface area (Å²) in [6.45, 7) is 8.76. The third kappa shape index (κ3) is 5.21. The maximum atomic E-state index is 12.5. The van der Waals surface area contributed by atoms with Crippen LogP contribution in [0.25, 0.3) is 0 Å². The molecule has 0 saturated heterocycles. The second kappa shape index (κ2) is 9.67. The van der Waals surface area contributed by atoms with Gasteiger partial charge < -0.3 is 15.0 Å². The predicted octanol–water partition coefficient (Wildman–Crippen LogP) is 4.36. The van der Waals surface area contributed by atoms with Gasteiger partial charge in [-0.3, -0.25) is 4.79 Å². The number of benzene rings is 1. The summed E-state index contributed by atoms with van der Waals surface area (Å²) in [5.74, 6) is 0.420. The van der Waals surface area contributed by atoms with Crippen molar-refractivity contribution in [2.45, 2.75) is 33.6 Å². The number of carbonyl (C=O) groups is 1. The van der Waals surface area contributed by atoms with E-state index < -0.39 is 0 Å². The summed E-state index contributed by atoms with van der Waals surface area (Å²) in [7, 11) is 0. The van der Waals surface area contributed by atoms with Crippen LogP contribution in [0.3, 0.4) is 0 Å². The third-order valence-electron chi connectivity index (χ3n) is 3.77. The van der Waals surface area contributed by atoms with E-state index in [4.69, 9.17) is 4.74 Å². The first-order valence-corrected chi connectivity index (χ1v) is 8.93. The zero-order valence-electron chi connectivity index (χ0n) is 15.3. The summed E-state index contributed by atoms with van der Waals surface area (Å²) in [6, 6.07) is 11.1. The Morgan fingerprint density at radius 1 is 1.08 bits per heavy atom. The number of rotatable bonds is 9. The van der Waals surface area contributed by atoms with Crippen molar-refractivity contribution in [1.82, 2.24) is 4.98 Å². The fourth-order valence-electron chi connectivity index (χ4n) is 2.65. The van der Waals surface area contributed by atoms with Gasteiger partial charge in [0.25, 0.3) is 5.91 Å². The molecular formula is C20H27N3O2. The Morgan fingerprint density at radius 2 is 1.80 bits per heavy atom. The lowest BCUT2D eigenvalue weighted by Crippen LogP contribution is -2.25. The van der Waals surface area contributed by atoms with E-state index in [1.165, 1.54) is 0 Å². The lowest BCUT2D eigenvalue weighted by molar-refractivity contribution is 0.102. The minimum Gasteiger partial charge on any atom is -0.492 e. The van der Waals surface area contributed by atoms with Crippen molar-refractivity contribution in [3.05, 3.63) is 48.3 Å². The Balaban J connectivity index is 2.10. The first-order valence-electron chi connectivity index (χ1n) is 8.93.